The number of benzene rings is 4. The molecule has 0 radical (unpaired) electrons. The van der Waals surface area contributed by atoms with Gasteiger partial charge >= 0.3 is 5.97 Å². The maximum atomic E-state index is 13.2. The molecular formula is C31H27NO6S. The van der Waals surface area contributed by atoms with Crippen LogP contribution in [0.25, 0.3) is 11.1 Å². The summed E-state index contributed by atoms with van der Waals surface area (Å²) in [6.07, 6.45) is -1.27. The highest BCUT2D eigenvalue weighted by Gasteiger charge is 2.33. The Morgan fingerprint density at radius 3 is 1.97 bits per heavy atom. The molecule has 198 valence electrons. The van der Waals surface area contributed by atoms with E-state index in [9.17, 15) is 18.3 Å². The van der Waals surface area contributed by atoms with Crippen LogP contribution in [0.3, 0.4) is 0 Å². The lowest BCUT2D eigenvalue weighted by Gasteiger charge is -2.21. The van der Waals surface area contributed by atoms with E-state index in [-0.39, 0.29) is 11.5 Å². The minimum atomic E-state index is -4.22. The van der Waals surface area contributed by atoms with Crippen LogP contribution in [-0.4, -0.2) is 38.7 Å². The van der Waals surface area contributed by atoms with Crippen molar-refractivity contribution in [3.8, 4) is 28.7 Å². The lowest BCUT2D eigenvalue weighted by Crippen LogP contribution is -2.49. The van der Waals surface area contributed by atoms with Crippen LogP contribution in [0.2, 0.25) is 0 Å². The van der Waals surface area contributed by atoms with Crippen molar-refractivity contribution in [3.63, 3.8) is 0 Å². The van der Waals surface area contributed by atoms with Crippen LogP contribution in [0.4, 0.5) is 0 Å². The summed E-state index contributed by atoms with van der Waals surface area (Å²) in [5.74, 6) is 5.01. The molecule has 39 heavy (non-hydrogen) atoms. The number of carboxylic acid groups (broad SMARTS) is 1. The zero-order valence-corrected chi connectivity index (χ0v) is 22.0. The standard InChI is InChI=1S/C31H27NO6S/c1-37-27-17-13-25(14-18-27)26-15-19-28(20-16-26)39(35,36)32-30(31(33)34)29(21-12-23-8-4-2-5-9-23)38-22-24-10-6-3-7-11-24/h2-11,13-20,29-30,32H,22H2,1H3,(H,33,34)/t29-,30?/m1/s1. The molecule has 4 aromatic carbocycles. The van der Waals surface area contributed by atoms with Crippen LogP contribution >= 0.6 is 0 Å². The third kappa shape index (κ3) is 7.55. The van der Waals surface area contributed by atoms with Gasteiger partial charge in [-0.3, -0.25) is 4.79 Å². The van der Waals surface area contributed by atoms with Crippen LogP contribution in [0.5, 0.6) is 5.75 Å². The SMILES string of the molecule is COc1ccc(-c2ccc(S(=O)(=O)NC(C(=O)O)[C@@H](C#Cc3ccccc3)OCc3ccccc3)cc2)cc1. The van der Waals surface area contributed by atoms with Gasteiger partial charge in [-0.25, -0.2) is 8.42 Å². The number of carbonyl (C=O) groups is 1. The molecule has 0 saturated carbocycles. The van der Waals surface area contributed by atoms with Crippen molar-refractivity contribution in [2.24, 2.45) is 0 Å². The van der Waals surface area contributed by atoms with Crippen molar-refractivity contribution in [2.45, 2.75) is 23.6 Å². The molecule has 0 amide bonds. The number of hydrogen-bond acceptors (Lipinski definition) is 5. The highest BCUT2D eigenvalue weighted by atomic mass is 32.2. The highest BCUT2D eigenvalue weighted by molar-refractivity contribution is 7.89. The van der Waals surface area contributed by atoms with Gasteiger partial charge in [-0.05, 0) is 53.1 Å². The number of sulfonamides is 1. The molecule has 8 heteroatoms. The zero-order chi connectivity index (χ0) is 27.7. The van der Waals surface area contributed by atoms with Gasteiger partial charge < -0.3 is 14.6 Å². The third-order valence-corrected chi connectivity index (χ3v) is 7.30. The number of ether oxygens (including phenoxy) is 2. The summed E-state index contributed by atoms with van der Waals surface area (Å²) >= 11 is 0. The lowest BCUT2D eigenvalue weighted by molar-refractivity contribution is -0.142. The minimum absolute atomic E-state index is 0.0526. The Bertz CT molecular complexity index is 1540. The van der Waals surface area contributed by atoms with E-state index in [0.29, 0.717) is 11.3 Å². The van der Waals surface area contributed by atoms with Gasteiger partial charge in [0, 0.05) is 5.56 Å². The number of aliphatic carboxylic acids is 1. The quantitative estimate of drug-likeness (QED) is 0.282. The largest absolute Gasteiger partial charge is 0.497 e. The van der Waals surface area contributed by atoms with E-state index in [1.165, 1.54) is 12.1 Å². The molecule has 0 aliphatic carbocycles. The summed E-state index contributed by atoms with van der Waals surface area (Å²) in [7, 11) is -2.64. The van der Waals surface area contributed by atoms with Crippen LogP contribution in [0, 0.1) is 11.8 Å². The summed E-state index contributed by atoms with van der Waals surface area (Å²) in [6.45, 7) is 0.0526. The maximum Gasteiger partial charge on any atom is 0.325 e. The predicted molar refractivity (Wildman–Crippen MR) is 149 cm³/mol. The van der Waals surface area contributed by atoms with Crippen molar-refractivity contribution in [2.75, 3.05) is 7.11 Å². The number of nitrogens with one attached hydrogen (secondary N) is 1. The fourth-order valence-electron chi connectivity index (χ4n) is 3.74. The Kier molecular flexibility index (Phi) is 9.13. The minimum Gasteiger partial charge on any atom is -0.497 e. The first-order chi connectivity index (χ1) is 18.9. The van der Waals surface area contributed by atoms with Crippen molar-refractivity contribution in [1.29, 1.82) is 0 Å². The molecule has 2 atom stereocenters. The zero-order valence-electron chi connectivity index (χ0n) is 21.2. The van der Waals surface area contributed by atoms with Gasteiger partial charge in [-0.15, -0.1) is 0 Å². The molecule has 4 aromatic rings. The summed E-state index contributed by atoms with van der Waals surface area (Å²) in [5, 5.41) is 10.00. The van der Waals surface area contributed by atoms with Gasteiger partial charge in [0.15, 0.2) is 6.04 Å². The number of methoxy groups -OCH3 is 1. The van der Waals surface area contributed by atoms with E-state index in [4.69, 9.17) is 9.47 Å². The Balaban J connectivity index is 1.58. The van der Waals surface area contributed by atoms with Gasteiger partial charge in [0.25, 0.3) is 0 Å². The Morgan fingerprint density at radius 1 is 0.846 bits per heavy atom. The summed E-state index contributed by atoms with van der Waals surface area (Å²) in [5.41, 5.74) is 3.11. The van der Waals surface area contributed by atoms with Crippen LogP contribution < -0.4 is 9.46 Å². The van der Waals surface area contributed by atoms with E-state index in [2.05, 4.69) is 16.6 Å². The smallest absolute Gasteiger partial charge is 0.325 e. The number of rotatable bonds is 10. The molecule has 0 bridgehead atoms. The van der Waals surface area contributed by atoms with Gasteiger partial charge in [-0.2, -0.15) is 4.72 Å². The Morgan fingerprint density at radius 2 is 1.41 bits per heavy atom. The van der Waals surface area contributed by atoms with Gasteiger partial charge in [-0.1, -0.05) is 84.6 Å². The Labute approximate surface area is 228 Å². The molecule has 0 aromatic heterocycles. The topological polar surface area (TPSA) is 102 Å². The molecule has 0 heterocycles. The van der Waals surface area contributed by atoms with Gasteiger partial charge in [0.2, 0.25) is 10.0 Å². The fraction of sp³-hybridized carbons (Fsp3) is 0.129. The van der Waals surface area contributed by atoms with Crippen LogP contribution in [0.1, 0.15) is 11.1 Å². The van der Waals surface area contributed by atoms with Crippen LogP contribution in [-0.2, 0) is 26.2 Å². The molecule has 2 N–H and O–H groups in total. The molecule has 4 rings (SSSR count). The summed E-state index contributed by atoms with van der Waals surface area (Å²) in [6, 6.07) is 30.0. The van der Waals surface area contributed by atoms with E-state index in [1.807, 2.05) is 60.7 Å². The maximum absolute atomic E-state index is 13.2. The second-order valence-corrected chi connectivity index (χ2v) is 10.3. The molecule has 1 unspecified atom stereocenters. The lowest BCUT2D eigenvalue weighted by atomic mass is 10.1. The van der Waals surface area contributed by atoms with E-state index in [0.717, 1.165) is 16.7 Å². The summed E-state index contributed by atoms with van der Waals surface area (Å²) in [4.78, 5) is 12.2. The van der Waals surface area contributed by atoms with Crippen molar-refractivity contribution in [1.82, 2.24) is 4.72 Å². The van der Waals surface area contributed by atoms with Gasteiger partial charge in [0.05, 0.1) is 18.6 Å². The van der Waals surface area contributed by atoms with Gasteiger partial charge in [0.1, 0.15) is 11.9 Å². The molecule has 0 fully saturated rings. The number of hydrogen-bond donors (Lipinski definition) is 2. The molecule has 0 aliphatic rings. The van der Waals surface area contributed by atoms with Crippen molar-refractivity contribution >= 4 is 16.0 Å². The fourth-order valence-corrected chi connectivity index (χ4v) is 4.93. The molecule has 0 aliphatic heterocycles. The van der Waals surface area contributed by atoms with E-state index >= 15 is 0 Å². The predicted octanol–water partition coefficient (Wildman–Crippen LogP) is 4.73. The Hall–Kier alpha value is -4.42. The third-order valence-electron chi connectivity index (χ3n) is 5.84. The second kappa shape index (κ2) is 12.9. The summed E-state index contributed by atoms with van der Waals surface area (Å²) < 4.78 is 39.8. The molecule has 7 nitrogen and oxygen atoms in total. The molecule has 0 spiro atoms. The molecule has 0 saturated heterocycles. The van der Waals surface area contributed by atoms with E-state index < -0.39 is 28.1 Å². The second-order valence-electron chi connectivity index (χ2n) is 8.54. The first-order valence-electron chi connectivity index (χ1n) is 12.1. The van der Waals surface area contributed by atoms with Crippen molar-refractivity contribution < 1.29 is 27.8 Å². The monoisotopic (exact) mass is 541 g/mol. The average molecular weight is 542 g/mol. The first kappa shape index (κ1) is 27.6. The first-order valence-corrected chi connectivity index (χ1v) is 13.6. The normalized spacial score (nSPS) is 12.5. The average Bonchev–Trinajstić information content (AvgIpc) is 2.97. The van der Waals surface area contributed by atoms with E-state index in [1.54, 1.807) is 43.5 Å². The number of carboxylic acids is 1. The van der Waals surface area contributed by atoms with Crippen LogP contribution in [0.15, 0.2) is 114 Å². The molecular weight excluding hydrogens is 514 g/mol. The highest BCUT2D eigenvalue weighted by Crippen LogP contribution is 2.24. The van der Waals surface area contributed by atoms with Crippen molar-refractivity contribution in [3.05, 3.63) is 120 Å².